The number of amides is 1. The molecule has 0 fully saturated rings. The fraction of sp³-hybridized carbons (Fsp3) is 0.562. The normalized spacial score (nSPS) is 10.2. The second-order valence-corrected chi connectivity index (χ2v) is 5.37. The second-order valence-electron chi connectivity index (χ2n) is 4.97. The zero-order valence-electron chi connectivity index (χ0n) is 12.9. The Balaban J connectivity index is 2.19. The van der Waals surface area contributed by atoms with Gasteiger partial charge in [0.1, 0.15) is 5.75 Å². The Bertz CT molecular complexity index is 438. The summed E-state index contributed by atoms with van der Waals surface area (Å²) in [5.74, 6) is 0.621. The maximum absolute atomic E-state index is 11.7. The highest BCUT2D eigenvalue weighted by atomic mass is 35.5. The lowest BCUT2D eigenvalue weighted by Gasteiger charge is -2.09. The van der Waals surface area contributed by atoms with Gasteiger partial charge >= 0.3 is 0 Å². The van der Waals surface area contributed by atoms with Crippen molar-refractivity contribution in [2.75, 3.05) is 25.5 Å². The molecule has 5 heteroatoms. The maximum Gasteiger partial charge on any atom is 0.239 e. The van der Waals surface area contributed by atoms with Crippen molar-refractivity contribution in [1.82, 2.24) is 5.32 Å². The third-order valence-electron chi connectivity index (χ3n) is 3.21. The van der Waals surface area contributed by atoms with Crippen molar-refractivity contribution in [1.29, 1.82) is 0 Å². The van der Waals surface area contributed by atoms with Crippen LogP contribution in [0.3, 0.4) is 0 Å². The molecule has 0 aromatic heterocycles. The van der Waals surface area contributed by atoms with Gasteiger partial charge in [-0.3, -0.25) is 4.79 Å². The summed E-state index contributed by atoms with van der Waals surface area (Å²) in [6.45, 7) is 3.18. The highest BCUT2D eigenvalue weighted by Crippen LogP contribution is 2.26. The molecular weight excluding hydrogens is 288 g/mol. The first-order chi connectivity index (χ1) is 10.2. The van der Waals surface area contributed by atoms with Crippen molar-refractivity contribution in [2.45, 2.75) is 39.0 Å². The van der Waals surface area contributed by atoms with Crippen molar-refractivity contribution >= 4 is 23.2 Å². The molecule has 4 nitrogen and oxygen atoms in total. The minimum atomic E-state index is -0.00238. The number of nitrogens with one attached hydrogen (secondary N) is 2. The van der Waals surface area contributed by atoms with E-state index in [1.54, 1.807) is 19.2 Å². The van der Waals surface area contributed by atoms with Crippen LogP contribution in [0.1, 0.15) is 39.0 Å². The van der Waals surface area contributed by atoms with Crippen LogP contribution in [0.15, 0.2) is 18.2 Å². The van der Waals surface area contributed by atoms with Crippen LogP contribution in [-0.4, -0.2) is 26.1 Å². The summed E-state index contributed by atoms with van der Waals surface area (Å²) in [5, 5.41) is 6.48. The molecule has 1 amide bonds. The molecule has 1 aromatic carbocycles. The van der Waals surface area contributed by atoms with Gasteiger partial charge in [0.25, 0.3) is 0 Å². The fourth-order valence-electron chi connectivity index (χ4n) is 1.98. The van der Waals surface area contributed by atoms with Crippen LogP contribution in [0, 0.1) is 0 Å². The van der Waals surface area contributed by atoms with E-state index in [2.05, 4.69) is 17.6 Å². The molecule has 1 rings (SSSR count). The van der Waals surface area contributed by atoms with Gasteiger partial charge in [-0.15, -0.1) is 0 Å². The molecule has 0 radical (unpaired) electrons. The Hall–Kier alpha value is -1.42. The van der Waals surface area contributed by atoms with Crippen LogP contribution in [0.5, 0.6) is 5.75 Å². The van der Waals surface area contributed by atoms with Gasteiger partial charge in [-0.1, -0.05) is 44.2 Å². The summed E-state index contributed by atoms with van der Waals surface area (Å²) in [5.41, 5.74) is 0.805. The predicted octanol–water partition coefficient (Wildman–Crippen LogP) is 3.85. The Morgan fingerprint density at radius 3 is 2.67 bits per heavy atom. The fourth-order valence-corrected chi connectivity index (χ4v) is 2.24. The molecule has 1 aromatic rings. The molecule has 0 aliphatic rings. The van der Waals surface area contributed by atoms with Crippen molar-refractivity contribution < 1.29 is 9.53 Å². The smallest absolute Gasteiger partial charge is 0.239 e. The summed E-state index contributed by atoms with van der Waals surface area (Å²) in [6, 6.07) is 5.36. The van der Waals surface area contributed by atoms with Crippen LogP contribution in [0.2, 0.25) is 5.02 Å². The maximum atomic E-state index is 11.7. The molecular formula is C16H25ClN2O2. The standard InChI is InChI=1S/C16H25ClN2O2/c1-3-4-5-6-7-10-18-16(20)12-19-13-8-9-15(21-2)14(17)11-13/h8-9,11,19H,3-7,10,12H2,1-2H3,(H,18,20). The molecule has 118 valence electrons. The number of carbonyl (C=O) groups excluding carboxylic acids is 1. The third kappa shape index (κ3) is 7.23. The van der Waals surface area contributed by atoms with E-state index in [1.165, 1.54) is 25.7 Å². The average molecular weight is 313 g/mol. The Morgan fingerprint density at radius 2 is 2.00 bits per heavy atom. The van der Waals surface area contributed by atoms with Gasteiger partial charge in [0.2, 0.25) is 5.91 Å². The van der Waals surface area contributed by atoms with Gasteiger partial charge in [-0.05, 0) is 24.6 Å². The van der Waals surface area contributed by atoms with Gasteiger partial charge in [0.05, 0.1) is 18.7 Å². The van der Waals surface area contributed by atoms with E-state index in [-0.39, 0.29) is 12.5 Å². The SMILES string of the molecule is CCCCCCCNC(=O)CNc1ccc(OC)c(Cl)c1. The van der Waals surface area contributed by atoms with E-state index in [1.807, 2.05) is 6.07 Å². The van der Waals surface area contributed by atoms with Crippen molar-refractivity contribution in [3.63, 3.8) is 0 Å². The van der Waals surface area contributed by atoms with Gasteiger partial charge in [0, 0.05) is 12.2 Å². The first-order valence-electron chi connectivity index (χ1n) is 7.51. The first kappa shape index (κ1) is 17.6. The number of methoxy groups -OCH3 is 1. The molecule has 0 saturated heterocycles. The van der Waals surface area contributed by atoms with Crippen LogP contribution < -0.4 is 15.4 Å². The first-order valence-corrected chi connectivity index (χ1v) is 7.89. The predicted molar refractivity (Wildman–Crippen MR) is 88.3 cm³/mol. The van der Waals surface area contributed by atoms with Crippen LogP contribution >= 0.6 is 11.6 Å². The molecule has 0 saturated carbocycles. The number of unbranched alkanes of at least 4 members (excludes halogenated alkanes) is 4. The molecule has 0 heterocycles. The van der Waals surface area contributed by atoms with E-state index in [0.29, 0.717) is 10.8 Å². The number of hydrogen-bond donors (Lipinski definition) is 2. The van der Waals surface area contributed by atoms with Gasteiger partial charge in [0.15, 0.2) is 0 Å². The second kappa shape index (κ2) is 10.3. The van der Waals surface area contributed by atoms with E-state index in [0.717, 1.165) is 18.7 Å². The minimum Gasteiger partial charge on any atom is -0.495 e. The number of anilines is 1. The molecule has 0 spiro atoms. The lowest BCUT2D eigenvalue weighted by molar-refractivity contribution is -0.119. The van der Waals surface area contributed by atoms with Crippen molar-refractivity contribution in [3.8, 4) is 5.75 Å². The van der Waals surface area contributed by atoms with Crippen LogP contribution in [0.25, 0.3) is 0 Å². The lowest BCUT2D eigenvalue weighted by Crippen LogP contribution is -2.30. The summed E-state index contributed by atoms with van der Waals surface area (Å²) in [6.07, 6.45) is 5.97. The van der Waals surface area contributed by atoms with Crippen LogP contribution in [-0.2, 0) is 4.79 Å². The van der Waals surface area contributed by atoms with E-state index >= 15 is 0 Å². The van der Waals surface area contributed by atoms with Gasteiger partial charge < -0.3 is 15.4 Å². The number of hydrogen-bond acceptors (Lipinski definition) is 3. The van der Waals surface area contributed by atoms with Crippen molar-refractivity contribution in [2.24, 2.45) is 0 Å². The number of carbonyl (C=O) groups is 1. The molecule has 0 aliphatic heterocycles. The molecule has 0 unspecified atom stereocenters. The number of halogens is 1. The van der Waals surface area contributed by atoms with E-state index in [4.69, 9.17) is 16.3 Å². The summed E-state index contributed by atoms with van der Waals surface area (Å²) in [4.78, 5) is 11.7. The highest BCUT2D eigenvalue weighted by Gasteiger charge is 2.04. The zero-order valence-corrected chi connectivity index (χ0v) is 13.6. The Morgan fingerprint density at radius 1 is 1.24 bits per heavy atom. The van der Waals surface area contributed by atoms with Gasteiger partial charge in [-0.2, -0.15) is 0 Å². The molecule has 0 atom stereocenters. The monoisotopic (exact) mass is 312 g/mol. The molecule has 21 heavy (non-hydrogen) atoms. The topological polar surface area (TPSA) is 50.4 Å². The largest absolute Gasteiger partial charge is 0.495 e. The summed E-state index contributed by atoms with van der Waals surface area (Å²) in [7, 11) is 1.57. The Kier molecular flexibility index (Phi) is 8.67. The quantitative estimate of drug-likeness (QED) is 0.645. The summed E-state index contributed by atoms with van der Waals surface area (Å²) >= 11 is 6.02. The molecule has 2 N–H and O–H groups in total. The number of benzene rings is 1. The number of rotatable bonds is 10. The lowest BCUT2D eigenvalue weighted by atomic mass is 10.1. The van der Waals surface area contributed by atoms with Crippen LogP contribution in [0.4, 0.5) is 5.69 Å². The van der Waals surface area contributed by atoms with E-state index < -0.39 is 0 Å². The van der Waals surface area contributed by atoms with Crippen molar-refractivity contribution in [3.05, 3.63) is 23.2 Å². The van der Waals surface area contributed by atoms with E-state index in [9.17, 15) is 4.79 Å². The third-order valence-corrected chi connectivity index (χ3v) is 3.50. The van der Waals surface area contributed by atoms with Gasteiger partial charge in [-0.25, -0.2) is 0 Å². The highest BCUT2D eigenvalue weighted by molar-refractivity contribution is 6.32. The number of ether oxygens (including phenoxy) is 1. The summed E-state index contributed by atoms with van der Waals surface area (Å²) < 4.78 is 5.08. The minimum absolute atomic E-state index is 0.00238. The average Bonchev–Trinajstić information content (AvgIpc) is 2.49. The molecule has 0 aliphatic carbocycles. The molecule has 0 bridgehead atoms. The Labute approximate surface area is 132 Å². The zero-order chi connectivity index (χ0) is 15.5.